The van der Waals surface area contributed by atoms with Crippen LogP contribution in [-0.4, -0.2) is 0 Å². The zero-order chi connectivity index (χ0) is 6.41. The topological polar surface area (TPSA) is 0 Å². The third kappa shape index (κ3) is 366. The van der Waals surface area contributed by atoms with Crippen molar-refractivity contribution in [1.29, 1.82) is 0 Å². The predicted molar refractivity (Wildman–Crippen MR) is 6.65 cm³/mol. The minimum atomic E-state index is -11.2. The monoisotopic (exact) mass is 220 g/mol. The number of hydrogen-bond donors (Lipinski definition) is 0. The van der Waals surface area contributed by atoms with E-state index >= 15 is 0 Å². The molecule has 0 unspecified atom stereocenters. The van der Waals surface area contributed by atoms with Gasteiger partial charge in [0.15, 0.2) is 0 Å². The van der Waals surface area contributed by atoms with Crippen molar-refractivity contribution in [1.82, 2.24) is 0 Å². The summed E-state index contributed by atoms with van der Waals surface area (Å²) in [7, 11) is 0. The van der Waals surface area contributed by atoms with Crippen LogP contribution in [0.25, 0.3) is 0 Å². The van der Waals surface area contributed by atoms with Crippen molar-refractivity contribution in [3.8, 4) is 0 Å². The van der Waals surface area contributed by atoms with Gasteiger partial charge in [-0.05, 0) is 0 Å². The molecule has 0 nitrogen and oxygen atoms in total. The molecule has 0 saturated carbocycles. The van der Waals surface area contributed by atoms with Gasteiger partial charge in [-0.25, -0.2) is 0 Å². The van der Waals surface area contributed by atoms with Gasteiger partial charge >= 0.3 is 52.3 Å². The van der Waals surface area contributed by atoms with Crippen LogP contribution in [-0.2, 0) is 33.7 Å². The van der Waals surface area contributed by atoms with Crippen LogP contribution >= 0.6 is 0 Å². The molecule has 0 bridgehead atoms. The van der Waals surface area contributed by atoms with Gasteiger partial charge in [-0.3, -0.25) is 0 Å². The second-order valence-electron chi connectivity index (χ2n) is 1.07. The first-order valence-electron chi connectivity index (χ1n) is 1.13. The Labute approximate surface area is 52.6 Å². The summed E-state index contributed by atoms with van der Waals surface area (Å²) in [6.07, 6.45) is 0. The maximum atomic E-state index is 9.92. The van der Waals surface area contributed by atoms with E-state index in [-0.39, 0.29) is 16.5 Å². The maximum Gasteiger partial charge on any atom is 2.00 e. The van der Waals surface area contributed by atoms with Gasteiger partial charge < -0.3 is 0 Å². The summed E-state index contributed by atoms with van der Waals surface area (Å²) in [4.78, 5) is 0. The summed E-state index contributed by atoms with van der Waals surface area (Å²) < 4.78 is 59.5. The summed E-state index contributed by atoms with van der Waals surface area (Å²) >= 11 is -11.2. The quantitative estimate of drug-likeness (QED) is 0.435. The molecule has 0 spiro atoms. The molecule has 8 heteroatoms. The standard InChI is InChI=1S/6FH.Ni.Ti/h6*1H;;/q;;;;;;+2;+4/p-6. The third-order valence-corrected chi connectivity index (χ3v) is 0. The van der Waals surface area contributed by atoms with Gasteiger partial charge in [-0.2, -0.15) is 0 Å². The van der Waals surface area contributed by atoms with Crippen molar-refractivity contribution < 1.29 is 52.3 Å². The first-order valence-corrected chi connectivity index (χ1v) is 4.68. The Hall–Kier alpha value is 0.788. The van der Waals surface area contributed by atoms with Crippen LogP contribution in [0.3, 0.4) is 0 Å². The fraction of sp³-hybridized carbons (Fsp3) is 0. The molecule has 0 fully saturated rings. The third-order valence-electron chi connectivity index (χ3n) is 0. The van der Waals surface area contributed by atoms with Crippen LogP contribution in [0.4, 0.5) is 18.6 Å². The molecule has 8 heavy (non-hydrogen) atoms. The molecular weight excluding hydrogens is 221 g/mol. The zero-order valence-corrected chi connectivity index (χ0v) is 5.63. The minimum absolute atomic E-state index is 0. The van der Waals surface area contributed by atoms with Gasteiger partial charge in [-0.1, -0.05) is 0 Å². The molecular formula is F6NiTi. The Morgan fingerprint density at radius 2 is 0.625 bits per heavy atom. The van der Waals surface area contributed by atoms with Crippen LogP contribution in [0.2, 0.25) is 0 Å². The fourth-order valence-corrected chi connectivity index (χ4v) is 0. The number of halogens is 6. The second kappa shape index (κ2) is 1.44. The van der Waals surface area contributed by atoms with Gasteiger partial charge in [-0.15, -0.1) is 0 Å². The van der Waals surface area contributed by atoms with Crippen LogP contribution in [0.5, 0.6) is 0 Å². The Kier molecular flexibility index (Phi) is 2.08. The van der Waals surface area contributed by atoms with E-state index < -0.39 is 17.2 Å². The zero-order valence-electron chi connectivity index (χ0n) is 3.08. The van der Waals surface area contributed by atoms with E-state index in [4.69, 9.17) is 0 Å². The van der Waals surface area contributed by atoms with Gasteiger partial charge in [0.25, 0.3) is 0 Å². The van der Waals surface area contributed by atoms with Crippen molar-refractivity contribution in [2.24, 2.45) is 0 Å². The molecule has 0 aliphatic rings. The van der Waals surface area contributed by atoms with E-state index in [1.165, 1.54) is 0 Å². The van der Waals surface area contributed by atoms with Gasteiger partial charge in [0, 0.05) is 0 Å². The Morgan fingerprint density at radius 1 is 0.625 bits per heavy atom. The van der Waals surface area contributed by atoms with E-state index in [1.54, 1.807) is 0 Å². The fourth-order valence-electron chi connectivity index (χ4n) is 0. The molecule has 0 aliphatic carbocycles. The van der Waals surface area contributed by atoms with Crippen LogP contribution in [0.1, 0.15) is 0 Å². The van der Waals surface area contributed by atoms with Crippen molar-refractivity contribution in [3.63, 3.8) is 0 Å². The molecule has 0 amide bonds. The Bertz CT molecular complexity index is 67.1. The van der Waals surface area contributed by atoms with E-state index in [0.29, 0.717) is 0 Å². The van der Waals surface area contributed by atoms with Crippen LogP contribution in [0, 0.1) is 0 Å². The minimum Gasteiger partial charge on any atom is 2.00 e. The average Bonchev–Trinajstić information content (AvgIpc) is 0.592. The normalized spacial score (nSPS) is 20.2. The summed E-state index contributed by atoms with van der Waals surface area (Å²) in [5, 5.41) is 0. The SMILES string of the molecule is [F][Ti-2]([F])([F])([F])([F])[F].[Ni+2]. The molecule has 0 aromatic carbocycles. The second-order valence-corrected chi connectivity index (χ2v) is 4.42. The molecule has 0 saturated heterocycles. The van der Waals surface area contributed by atoms with E-state index in [9.17, 15) is 18.6 Å². The average molecular weight is 221 g/mol. The van der Waals surface area contributed by atoms with Crippen LogP contribution < -0.4 is 0 Å². The van der Waals surface area contributed by atoms with Gasteiger partial charge in [0.2, 0.25) is 0 Å². The van der Waals surface area contributed by atoms with Crippen molar-refractivity contribution in [2.45, 2.75) is 0 Å². The molecule has 0 aliphatic heterocycles. The molecule has 0 radical (unpaired) electrons. The van der Waals surface area contributed by atoms with Crippen molar-refractivity contribution >= 4 is 0 Å². The van der Waals surface area contributed by atoms with E-state index in [1.807, 2.05) is 0 Å². The van der Waals surface area contributed by atoms with E-state index in [2.05, 4.69) is 0 Å². The summed E-state index contributed by atoms with van der Waals surface area (Å²) in [5.41, 5.74) is 0. The Morgan fingerprint density at radius 3 is 0.625 bits per heavy atom. The molecule has 0 N–H and O–H groups in total. The Balaban J connectivity index is 0. The van der Waals surface area contributed by atoms with Crippen molar-refractivity contribution in [2.75, 3.05) is 0 Å². The maximum absolute atomic E-state index is 11.2. The first-order chi connectivity index (χ1) is 2.45. The van der Waals surface area contributed by atoms with Crippen LogP contribution in [0.15, 0.2) is 0 Å². The first kappa shape index (κ1) is 11.6. The largest absolute Gasteiger partial charge is 2.00 e. The smallest absolute Gasteiger partial charge is 2.00 e. The molecule has 0 rings (SSSR count). The number of hydrogen-bond acceptors (Lipinski definition) is 0. The molecule has 0 aromatic rings. The van der Waals surface area contributed by atoms with Gasteiger partial charge in [0.1, 0.15) is 0 Å². The number of rotatable bonds is 0. The molecule has 56 valence electrons. The summed E-state index contributed by atoms with van der Waals surface area (Å²) in [6, 6.07) is 0. The van der Waals surface area contributed by atoms with Gasteiger partial charge in [0.05, 0.1) is 0 Å². The molecule has 0 atom stereocenters. The molecule has 0 aromatic heterocycles. The van der Waals surface area contributed by atoms with Crippen molar-refractivity contribution in [3.05, 3.63) is 0 Å². The predicted octanol–water partition coefficient (Wildman–Crippen LogP) is 2.52. The van der Waals surface area contributed by atoms with E-state index in [0.717, 1.165) is 0 Å². The summed E-state index contributed by atoms with van der Waals surface area (Å²) in [5.74, 6) is 0. The molecule has 0 heterocycles. The summed E-state index contributed by atoms with van der Waals surface area (Å²) in [6.45, 7) is 0.